The molecule has 0 aliphatic heterocycles. The molecule has 0 bridgehead atoms. The topological polar surface area (TPSA) is 16.4 Å². The molecule has 57 heavy (non-hydrogen) atoms. The Morgan fingerprint density at radius 1 is 0.333 bits per heavy atom. The minimum Gasteiger partial charge on any atom is -0.456 e. The highest BCUT2D eigenvalue weighted by molar-refractivity contribution is 6.36. The first-order chi connectivity index (χ1) is 28.3. The molecule has 1 heterocycles. The van der Waals surface area contributed by atoms with E-state index in [2.05, 4.69) is 211 Å². The molecule has 0 atom stereocenters. The van der Waals surface area contributed by atoms with Gasteiger partial charge in [0.15, 0.2) is 0 Å². The van der Waals surface area contributed by atoms with E-state index in [1.54, 1.807) is 0 Å². The van der Waals surface area contributed by atoms with Gasteiger partial charge in [0.05, 0.1) is 11.1 Å². The van der Waals surface area contributed by atoms with Crippen LogP contribution in [0.4, 0.5) is 17.1 Å². The standard InChI is InChI=1S/C55H35NO/c1-4-17-36(18-5-1)55(37-19-6-2-7-20-37)47-28-14-12-23-40(47)41-32-31-39(35-48(41)55)56(38-21-8-3-9-22-38)49-29-16-27-43-45-33-34-51-54(46-26-13-15-30-50(46)57-51)53(45)44-25-11-10-24-42(44)52(43)49/h1-35H. The summed E-state index contributed by atoms with van der Waals surface area (Å²) >= 11 is 0. The van der Waals surface area contributed by atoms with Crippen LogP contribution in [0.2, 0.25) is 0 Å². The van der Waals surface area contributed by atoms with Gasteiger partial charge in [-0.3, -0.25) is 0 Å². The number of para-hydroxylation sites is 2. The minimum absolute atomic E-state index is 0.507. The molecular weight excluding hydrogens is 691 g/mol. The summed E-state index contributed by atoms with van der Waals surface area (Å²) in [5.41, 5.74) is 12.3. The third kappa shape index (κ3) is 4.47. The molecule has 2 heteroatoms. The lowest BCUT2D eigenvalue weighted by atomic mass is 9.67. The van der Waals surface area contributed by atoms with E-state index in [4.69, 9.17) is 4.42 Å². The number of rotatable bonds is 5. The summed E-state index contributed by atoms with van der Waals surface area (Å²) in [4.78, 5) is 2.47. The van der Waals surface area contributed by atoms with Crippen LogP contribution in [0.25, 0.3) is 65.4 Å². The number of fused-ring (bicyclic) bond motifs is 13. The van der Waals surface area contributed by atoms with Gasteiger partial charge in [0.2, 0.25) is 0 Å². The monoisotopic (exact) mass is 725 g/mol. The van der Waals surface area contributed by atoms with Crippen LogP contribution in [0.5, 0.6) is 0 Å². The van der Waals surface area contributed by atoms with Gasteiger partial charge in [-0.25, -0.2) is 0 Å². The van der Waals surface area contributed by atoms with Crippen LogP contribution in [0, 0.1) is 0 Å². The van der Waals surface area contributed by atoms with Crippen molar-refractivity contribution in [2.75, 3.05) is 4.90 Å². The summed E-state index contributed by atoms with van der Waals surface area (Å²) in [5, 5.41) is 9.62. The highest BCUT2D eigenvalue weighted by Gasteiger charge is 2.46. The largest absolute Gasteiger partial charge is 0.456 e. The molecular formula is C55H35NO. The summed E-state index contributed by atoms with van der Waals surface area (Å²) in [5.74, 6) is 0. The number of nitrogens with zero attached hydrogens (tertiary/aromatic N) is 1. The van der Waals surface area contributed by atoms with Crippen LogP contribution < -0.4 is 4.90 Å². The fourth-order valence-corrected chi connectivity index (χ4v) is 10.0. The molecule has 2 nitrogen and oxygen atoms in total. The number of benzene rings is 10. The van der Waals surface area contributed by atoms with Crippen LogP contribution in [0.15, 0.2) is 217 Å². The molecule has 0 spiro atoms. The second-order valence-electron chi connectivity index (χ2n) is 15.1. The van der Waals surface area contributed by atoms with Crippen molar-refractivity contribution in [3.8, 4) is 11.1 Å². The number of hydrogen-bond donors (Lipinski definition) is 0. The van der Waals surface area contributed by atoms with Crippen LogP contribution >= 0.6 is 0 Å². The third-order valence-corrected chi connectivity index (χ3v) is 12.3. The molecule has 0 amide bonds. The first kappa shape index (κ1) is 31.9. The maximum Gasteiger partial charge on any atom is 0.136 e. The van der Waals surface area contributed by atoms with Crippen LogP contribution in [0.1, 0.15) is 22.3 Å². The molecule has 11 aromatic rings. The normalized spacial score (nSPS) is 13.1. The fourth-order valence-electron chi connectivity index (χ4n) is 10.0. The molecule has 266 valence electrons. The molecule has 12 rings (SSSR count). The first-order valence-corrected chi connectivity index (χ1v) is 19.7. The molecule has 0 N–H and O–H groups in total. The highest BCUT2D eigenvalue weighted by atomic mass is 16.3. The molecule has 10 aromatic carbocycles. The fraction of sp³-hybridized carbons (Fsp3) is 0.0182. The van der Waals surface area contributed by atoms with E-state index in [0.717, 1.165) is 33.6 Å². The van der Waals surface area contributed by atoms with E-state index < -0.39 is 5.41 Å². The SMILES string of the molecule is c1ccc(N(c2ccc3c(c2)C(c2ccccc2)(c2ccccc2)c2ccccc2-3)c2cccc3c4ccc5oc6ccccc6c5c4c4ccccc4c23)cc1. The Labute approximate surface area is 330 Å². The molecule has 1 aliphatic carbocycles. The second-order valence-corrected chi connectivity index (χ2v) is 15.1. The van der Waals surface area contributed by atoms with Crippen molar-refractivity contribution in [2.45, 2.75) is 5.41 Å². The smallest absolute Gasteiger partial charge is 0.136 e. The van der Waals surface area contributed by atoms with Crippen LogP contribution in [0.3, 0.4) is 0 Å². The Hall–Kier alpha value is -7.42. The Morgan fingerprint density at radius 3 is 1.63 bits per heavy atom. The summed E-state index contributed by atoms with van der Waals surface area (Å²) in [7, 11) is 0. The van der Waals surface area contributed by atoms with E-state index >= 15 is 0 Å². The number of hydrogen-bond acceptors (Lipinski definition) is 2. The Kier molecular flexibility index (Phi) is 6.88. The second kappa shape index (κ2) is 12.3. The van der Waals surface area contributed by atoms with Crippen molar-refractivity contribution in [3.63, 3.8) is 0 Å². The van der Waals surface area contributed by atoms with Crippen molar-refractivity contribution in [2.24, 2.45) is 0 Å². The van der Waals surface area contributed by atoms with Gasteiger partial charge in [-0.15, -0.1) is 0 Å². The number of furan rings is 1. The third-order valence-electron chi connectivity index (χ3n) is 12.3. The molecule has 1 aliphatic rings. The summed E-state index contributed by atoms with van der Waals surface area (Å²) < 4.78 is 6.43. The van der Waals surface area contributed by atoms with Crippen molar-refractivity contribution in [1.29, 1.82) is 0 Å². The van der Waals surface area contributed by atoms with Crippen LogP contribution in [-0.4, -0.2) is 0 Å². The van der Waals surface area contributed by atoms with Crippen LogP contribution in [-0.2, 0) is 5.41 Å². The van der Waals surface area contributed by atoms with Gasteiger partial charge in [-0.2, -0.15) is 0 Å². The van der Waals surface area contributed by atoms with Gasteiger partial charge in [0.1, 0.15) is 11.2 Å². The van der Waals surface area contributed by atoms with E-state index in [9.17, 15) is 0 Å². The van der Waals surface area contributed by atoms with E-state index in [0.29, 0.717) is 0 Å². The lowest BCUT2D eigenvalue weighted by Crippen LogP contribution is -2.28. The van der Waals surface area contributed by atoms with Gasteiger partial charge >= 0.3 is 0 Å². The summed E-state index contributed by atoms with van der Waals surface area (Å²) in [6.45, 7) is 0. The van der Waals surface area contributed by atoms with Gasteiger partial charge < -0.3 is 9.32 Å². The Morgan fingerprint density at radius 2 is 0.895 bits per heavy atom. The predicted octanol–water partition coefficient (Wildman–Crippen LogP) is 14.9. The number of anilines is 3. The summed E-state index contributed by atoms with van der Waals surface area (Å²) in [6, 6.07) is 77.6. The van der Waals surface area contributed by atoms with Crippen molar-refractivity contribution in [1.82, 2.24) is 0 Å². The summed E-state index contributed by atoms with van der Waals surface area (Å²) in [6.07, 6.45) is 0. The Balaban J connectivity index is 1.18. The molecule has 1 aromatic heterocycles. The zero-order chi connectivity index (χ0) is 37.5. The first-order valence-electron chi connectivity index (χ1n) is 19.7. The predicted molar refractivity (Wildman–Crippen MR) is 238 cm³/mol. The zero-order valence-electron chi connectivity index (χ0n) is 31.1. The zero-order valence-corrected chi connectivity index (χ0v) is 31.1. The minimum atomic E-state index is -0.507. The maximum absolute atomic E-state index is 6.43. The molecule has 0 saturated heterocycles. The quantitative estimate of drug-likeness (QED) is 0.164. The van der Waals surface area contributed by atoms with E-state index in [-0.39, 0.29) is 0 Å². The average molecular weight is 726 g/mol. The van der Waals surface area contributed by atoms with Crippen molar-refractivity contribution < 1.29 is 4.42 Å². The molecule has 0 saturated carbocycles. The average Bonchev–Trinajstić information content (AvgIpc) is 3.81. The lowest BCUT2D eigenvalue weighted by Gasteiger charge is -2.35. The Bertz CT molecular complexity index is 3280. The van der Waals surface area contributed by atoms with Gasteiger partial charge in [-0.05, 0) is 103 Å². The van der Waals surface area contributed by atoms with Gasteiger partial charge in [0, 0.05) is 32.9 Å². The highest BCUT2D eigenvalue weighted by Crippen LogP contribution is 2.57. The lowest BCUT2D eigenvalue weighted by molar-refractivity contribution is 0.669. The van der Waals surface area contributed by atoms with Crippen molar-refractivity contribution in [3.05, 3.63) is 235 Å². The van der Waals surface area contributed by atoms with E-state index in [1.807, 2.05) is 6.07 Å². The van der Waals surface area contributed by atoms with Gasteiger partial charge in [-0.1, -0.05) is 164 Å². The van der Waals surface area contributed by atoms with Crippen molar-refractivity contribution >= 4 is 71.3 Å². The molecule has 0 radical (unpaired) electrons. The van der Waals surface area contributed by atoms with E-state index in [1.165, 1.54) is 71.1 Å². The molecule has 0 unspecified atom stereocenters. The van der Waals surface area contributed by atoms with Gasteiger partial charge in [0.25, 0.3) is 0 Å². The molecule has 0 fully saturated rings. The maximum atomic E-state index is 6.43.